The number of nitrogens with one attached hydrogen (secondary N) is 2. The Bertz CT molecular complexity index is 974. The fraction of sp³-hybridized carbons (Fsp3) is 0.444. The predicted molar refractivity (Wildman–Crippen MR) is 130 cm³/mol. The van der Waals surface area contributed by atoms with E-state index < -0.39 is 18.0 Å². The number of carboxylic acid groups (broad SMARTS) is 1. The van der Waals surface area contributed by atoms with E-state index in [9.17, 15) is 14.4 Å². The third kappa shape index (κ3) is 6.37. The van der Waals surface area contributed by atoms with E-state index in [4.69, 9.17) is 9.84 Å². The number of hydrogen-bond acceptors (Lipinski definition) is 4. The minimum atomic E-state index is -0.835. The second-order valence-electron chi connectivity index (χ2n) is 9.26. The van der Waals surface area contributed by atoms with Gasteiger partial charge in [-0.15, -0.1) is 0 Å². The van der Waals surface area contributed by atoms with Crippen LogP contribution in [0.3, 0.4) is 0 Å². The molecule has 182 valence electrons. The molecule has 2 unspecified atom stereocenters. The number of carbonyl (C=O) groups is 3. The topological polar surface area (TPSA) is 105 Å². The van der Waals surface area contributed by atoms with Gasteiger partial charge in [-0.05, 0) is 41.0 Å². The van der Waals surface area contributed by atoms with Crippen LogP contribution in [0.25, 0.3) is 11.1 Å². The fourth-order valence-corrected chi connectivity index (χ4v) is 4.28. The molecule has 0 aliphatic heterocycles. The molecule has 0 radical (unpaired) electrons. The van der Waals surface area contributed by atoms with Crippen LogP contribution in [-0.4, -0.2) is 42.3 Å². The van der Waals surface area contributed by atoms with Crippen LogP contribution in [0, 0.1) is 11.8 Å². The summed E-state index contributed by atoms with van der Waals surface area (Å²) in [6.45, 7) is 6.16. The van der Waals surface area contributed by atoms with Gasteiger partial charge in [0.1, 0.15) is 6.61 Å². The summed E-state index contributed by atoms with van der Waals surface area (Å²) in [4.78, 5) is 35.8. The maximum Gasteiger partial charge on any atom is 0.407 e. The van der Waals surface area contributed by atoms with Crippen molar-refractivity contribution in [3.63, 3.8) is 0 Å². The molecule has 3 N–H and O–H groups in total. The molecule has 7 heteroatoms. The zero-order chi connectivity index (χ0) is 24.7. The highest BCUT2D eigenvalue weighted by molar-refractivity contribution is 5.79. The van der Waals surface area contributed by atoms with Gasteiger partial charge in [-0.2, -0.15) is 0 Å². The summed E-state index contributed by atoms with van der Waals surface area (Å²) in [7, 11) is 0. The first-order valence-electron chi connectivity index (χ1n) is 11.9. The van der Waals surface area contributed by atoms with E-state index in [0.29, 0.717) is 19.4 Å². The van der Waals surface area contributed by atoms with Crippen LogP contribution < -0.4 is 10.6 Å². The van der Waals surface area contributed by atoms with E-state index in [-0.39, 0.29) is 36.8 Å². The van der Waals surface area contributed by atoms with Gasteiger partial charge >= 0.3 is 12.1 Å². The van der Waals surface area contributed by atoms with E-state index in [1.54, 1.807) is 6.92 Å². The van der Waals surface area contributed by atoms with Crippen LogP contribution in [0.1, 0.15) is 57.1 Å². The number of aliphatic carboxylic acids is 1. The minimum absolute atomic E-state index is 0.0212. The molecule has 0 heterocycles. The van der Waals surface area contributed by atoms with E-state index in [0.717, 1.165) is 11.1 Å². The van der Waals surface area contributed by atoms with Gasteiger partial charge in [-0.1, -0.05) is 69.3 Å². The SMILES string of the molecule is CC(CCCNC(=O)CC(NC(=O)OCC1c2ccccc2-c2ccccc21)C(C)C)C(=O)O. The summed E-state index contributed by atoms with van der Waals surface area (Å²) in [6.07, 6.45) is 0.687. The van der Waals surface area contributed by atoms with E-state index >= 15 is 0 Å². The molecule has 1 aliphatic carbocycles. The van der Waals surface area contributed by atoms with Crippen LogP contribution in [0.15, 0.2) is 48.5 Å². The zero-order valence-corrected chi connectivity index (χ0v) is 20.0. The molecule has 2 amide bonds. The summed E-state index contributed by atoms with van der Waals surface area (Å²) < 4.78 is 5.61. The zero-order valence-electron chi connectivity index (χ0n) is 20.0. The Morgan fingerprint density at radius 2 is 1.56 bits per heavy atom. The van der Waals surface area contributed by atoms with Crippen molar-refractivity contribution in [1.82, 2.24) is 10.6 Å². The number of amides is 2. The molecule has 34 heavy (non-hydrogen) atoms. The summed E-state index contributed by atoms with van der Waals surface area (Å²) in [5.41, 5.74) is 4.63. The van der Waals surface area contributed by atoms with Crippen molar-refractivity contribution in [2.45, 2.75) is 52.0 Å². The van der Waals surface area contributed by atoms with Gasteiger partial charge in [-0.25, -0.2) is 4.79 Å². The third-order valence-corrected chi connectivity index (χ3v) is 6.41. The molecule has 1 aliphatic rings. The molecule has 0 fully saturated rings. The van der Waals surface area contributed by atoms with E-state index in [1.807, 2.05) is 38.1 Å². The minimum Gasteiger partial charge on any atom is -0.481 e. The molecule has 2 aromatic rings. The predicted octanol–water partition coefficient (Wildman–Crippen LogP) is 4.56. The lowest BCUT2D eigenvalue weighted by molar-refractivity contribution is -0.141. The van der Waals surface area contributed by atoms with Crippen molar-refractivity contribution in [3.05, 3.63) is 59.7 Å². The van der Waals surface area contributed by atoms with Crippen LogP contribution in [0.4, 0.5) is 4.79 Å². The van der Waals surface area contributed by atoms with Crippen molar-refractivity contribution < 1.29 is 24.2 Å². The molecule has 7 nitrogen and oxygen atoms in total. The van der Waals surface area contributed by atoms with Gasteiger partial charge in [-0.3, -0.25) is 9.59 Å². The van der Waals surface area contributed by atoms with Gasteiger partial charge in [0.05, 0.1) is 5.92 Å². The van der Waals surface area contributed by atoms with Gasteiger partial charge < -0.3 is 20.5 Å². The number of fused-ring (bicyclic) bond motifs is 3. The fourth-order valence-electron chi connectivity index (χ4n) is 4.28. The Balaban J connectivity index is 1.50. The largest absolute Gasteiger partial charge is 0.481 e. The Labute approximate surface area is 200 Å². The van der Waals surface area contributed by atoms with Gasteiger partial charge in [0.2, 0.25) is 5.91 Å². The molecule has 0 bridgehead atoms. The maximum absolute atomic E-state index is 12.6. The first-order chi connectivity index (χ1) is 16.3. The van der Waals surface area contributed by atoms with Crippen LogP contribution in [0.2, 0.25) is 0 Å². The number of carboxylic acids is 1. The van der Waals surface area contributed by atoms with Crippen molar-refractivity contribution in [2.24, 2.45) is 11.8 Å². The molecular weight excluding hydrogens is 432 g/mol. The van der Waals surface area contributed by atoms with Crippen molar-refractivity contribution in [3.8, 4) is 11.1 Å². The number of alkyl carbamates (subject to hydrolysis) is 1. The number of carbonyl (C=O) groups excluding carboxylic acids is 2. The highest BCUT2D eigenvalue weighted by Crippen LogP contribution is 2.44. The van der Waals surface area contributed by atoms with Gasteiger partial charge in [0.25, 0.3) is 0 Å². The monoisotopic (exact) mass is 466 g/mol. The summed E-state index contributed by atoms with van der Waals surface area (Å²) in [5.74, 6) is -1.43. The third-order valence-electron chi connectivity index (χ3n) is 6.41. The molecule has 2 atom stereocenters. The molecule has 0 spiro atoms. The second-order valence-corrected chi connectivity index (χ2v) is 9.26. The quantitative estimate of drug-likeness (QED) is 0.421. The highest BCUT2D eigenvalue weighted by Gasteiger charge is 2.29. The number of rotatable bonds is 11. The van der Waals surface area contributed by atoms with Crippen molar-refractivity contribution >= 4 is 18.0 Å². The number of ether oxygens (including phenoxy) is 1. The Morgan fingerprint density at radius 3 is 2.12 bits per heavy atom. The van der Waals surface area contributed by atoms with Crippen molar-refractivity contribution in [1.29, 1.82) is 0 Å². The molecule has 0 aromatic heterocycles. The number of benzene rings is 2. The lowest BCUT2D eigenvalue weighted by atomic mass is 9.98. The standard InChI is InChI=1S/C27H34N2O5/c1-17(2)24(15-25(30)28-14-8-9-18(3)26(31)32)29-27(33)34-16-23-21-12-6-4-10-19(21)20-11-5-7-13-22(20)23/h4-7,10-13,17-18,23-24H,8-9,14-16H2,1-3H3,(H,28,30)(H,29,33)(H,31,32). The lowest BCUT2D eigenvalue weighted by Gasteiger charge is -2.22. The van der Waals surface area contributed by atoms with Crippen LogP contribution in [0.5, 0.6) is 0 Å². The smallest absolute Gasteiger partial charge is 0.407 e. The first kappa shape index (κ1) is 25.3. The normalized spacial score (nSPS) is 14.1. The summed E-state index contributed by atoms with van der Waals surface area (Å²) >= 11 is 0. The first-order valence-corrected chi connectivity index (χ1v) is 11.9. The highest BCUT2D eigenvalue weighted by atomic mass is 16.5. The molecular formula is C27H34N2O5. The Kier molecular flexibility index (Phi) is 8.68. The molecule has 2 aromatic carbocycles. The average Bonchev–Trinajstić information content (AvgIpc) is 3.13. The Morgan fingerprint density at radius 1 is 0.971 bits per heavy atom. The summed E-state index contributed by atoms with van der Waals surface area (Å²) in [5, 5.41) is 14.6. The van der Waals surface area contributed by atoms with E-state index in [1.165, 1.54) is 11.1 Å². The molecule has 0 saturated carbocycles. The van der Waals surface area contributed by atoms with Crippen molar-refractivity contribution in [2.75, 3.05) is 13.2 Å². The lowest BCUT2D eigenvalue weighted by Crippen LogP contribution is -2.43. The second kappa shape index (κ2) is 11.7. The van der Waals surface area contributed by atoms with Gasteiger partial charge in [0, 0.05) is 24.9 Å². The van der Waals surface area contributed by atoms with E-state index in [2.05, 4.69) is 34.9 Å². The molecule has 0 saturated heterocycles. The maximum atomic E-state index is 12.6. The van der Waals surface area contributed by atoms with Crippen LogP contribution in [-0.2, 0) is 14.3 Å². The van der Waals surface area contributed by atoms with Crippen LogP contribution >= 0.6 is 0 Å². The van der Waals surface area contributed by atoms with Gasteiger partial charge in [0.15, 0.2) is 0 Å². The molecule has 3 rings (SSSR count). The number of hydrogen-bond donors (Lipinski definition) is 3. The average molecular weight is 467 g/mol. The summed E-state index contributed by atoms with van der Waals surface area (Å²) in [6, 6.07) is 16.0. The Hall–Kier alpha value is -3.35.